The van der Waals surface area contributed by atoms with Crippen molar-refractivity contribution in [3.63, 3.8) is 0 Å². The Hall–Kier alpha value is -3.59. The molecule has 0 fully saturated rings. The molecule has 9 heteroatoms. The first kappa shape index (κ1) is 20.7. The molecule has 1 aromatic carbocycles. The van der Waals surface area contributed by atoms with Crippen molar-refractivity contribution >= 4 is 23.4 Å². The van der Waals surface area contributed by atoms with E-state index in [0.29, 0.717) is 34.2 Å². The standard InChI is InChI=1S/C22H20N4O4S/c1-13-10-19(30-25-13)17-12-20(27)26(24-21(17)18-8-5-9-29-18)14(2)22(28)23-15-6-4-7-16(11-15)31-3/h4-12,14H,1-3H3,(H,23,28). The molecule has 1 unspecified atom stereocenters. The zero-order chi connectivity index (χ0) is 22.0. The lowest BCUT2D eigenvalue weighted by atomic mass is 10.1. The second-order valence-electron chi connectivity index (χ2n) is 6.90. The number of aryl methyl sites for hydroxylation is 1. The summed E-state index contributed by atoms with van der Waals surface area (Å²) in [4.78, 5) is 26.7. The fourth-order valence-corrected chi connectivity index (χ4v) is 3.54. The molecular weight excluding hydrogens is 416 g/mol. The molecule has 0 bridgehead atoms. The summed E-state index contributed by atoms with van der Waals surface area (Å²) in [6, 6.07) is 13.2. The first-order valence-corrected chi connectivity index (χ1v) is 10.7. The third-order valence-corrected chi connectivity index (χ3v) is 5.41. The number of carbonyl (C=O) groups excluding carboxylic acids is 1. The average Bonchev–Trinajstić information content (AvgIpc) is 3.45. The quantitative estimate of drug-likeness (QED) is 0.447. The molecule has 4 rings (SSSR count). The number of nitrogens with one attached hydrogen (secondary N) is 1. The van der Waals surface area contributed by atoms with Gasteiger partial charge in [0.05, 0.1) is 17.5 Å². The van der Waals surface area contributed by atoms with Crippen LogP contribution in [-0.2, 0) is 4.79 Å². The topological polar surface area (TPSA) is 103 Å². The smallest absolute Gasteiger partial charge is 0.268 e. The van der Waals surface area contributed by atoms with Crippen LogP contribution in [0.25, 0.3) is 22.8 Å². The van der Waals surface area contributed by atoms with E-state index in [2.05, 4.69) is 15.6 Å². The summed E-state index contributed by atoms with van der Waals surface area (Å²) in [6.45, 7) is 3.40. The van der Waals surface area contributed by atoms with E-state index < -0.39 is 11.6 Å². The van der Waals surface area contributed by atoms with Gasteiger partial charge in [-0.3, -0.25) is 9.59 Å². The van der Waals surface area contributed by atoms with E-state index in [1.807, 2.05) is 24.5 Å². The van der Waals surface area contributed by atoms with Crippen molar-refractivity contribution in [1.29, 1.82) is 0 Å². The Labute approximate surface area is 182 Å². The lowest BCUT2D eigenvalue weighted by Crippen LogP contribution is -2.33. The highest BCUT2D eigenvalue weighted by Crippen LogP contribution is 2.30. The maximum absolute atomic E-state index is 12.9. The molecule has 0 radical (unpaired) electrons. The summed E-state index contributed by atoms with van der Waals surface area (Å²) >= 11 is 1.58. The minimum atomic E-state index is -0.857. The van der Waals surface area contributed by atoms with Crippen LogP contribution in [0.3, 0.4) is 0 Å². The number of hydrogen-bond donors (Lipinski definition) is 1. The Bertz CT molecular complexity index is 1280. The van der Waals surface area contributed by atoms with Gasteiger partial charge in [-0.15, -0.1) is 11.8 Å². The summed E-state index contributed by atoms with van der Waals surface area (Å²) in [5, 5.41) is 11.2. The monoisotopic (exact) mass is 436 g/mol. The zero-order valence-electron chi connectivity index (χ0n) is 17.2. The predicted octanol–water partition coefficient (Wildman–Crippen LogP) is 4.39. The summed E-state index contributed by atoms with van der Waals surface area (Å²) in [5.74, 6) is 0.478. The molecular formula is C22H20N4O4S. The number of furan rings is 1. The van der Waals surface area contributed by atoms with Crippen LogP contribution in [0.4, 0.5) is 5.69 Å². The molecule has 8 nitrogen and oxygen atoms in total. The highest BCUT2D eigenvalue weighted by molar-refractivity contribution is 7.98. The zero-order valence-corrected chi connectivity index (χ0v) is 18.0. The Kier molecular flexibility index (Phi) is 5.77. The molecule has 0 saturated carbocycles. The van der Waals surface area contributed by atoms with Crippen LogP contribution in [-0.4, -0.2) is 27.1 Å². The van der Waals surface area contributed by atoms with Crippen molar-refractivity contribution < 1.29 is 13.7 Å². The molecule has 4 aromatic rings. The number of hydrogen-bond acceptors (Lipinski definition) is 7. The molecule has 158 valence electrons. The SMILES string of the molecule is CSc1cccc(NC(=O)C(C)n2nc(-c3ccco3)c(-c3cc(C)no3)cc2=O)c1. The lowest BCUT2D eigenvalue weighted by molar-refractivity contribution is -0.119. The molecule has 0 saturated heterocycles. The number of rotatable bonds is 6. The first-order valence-electron chi connectivity index (χ1n) is 9.52. The molecule has 3 aromatic heterocycles. The minimum Gasteiger partial charge on any atom is -0.463 e. The van der Waals surface area contributed by atoms with Gasteiger partial charge in [0.2, 0.25) is 5.91 Å². The first-order chi connectivity index (χ1) is 15.0. The van der Waals surface area contributed by atoms with E-state index in [9.17, 15) is 9.59 Å². The van der Waals surface area contributed by atoms with Crippen LogP contribution in [0.5, 0.6) is 0 Å². The van der Waals surface area contributed by atoms with Gasteiger partial charge in [-0.25, -0.2) is 4.68 Å². The second-order valence-corrected chi connectivity index (χ2v) is 7.78. The van der Waals surface area contributed by atoms with E-state index in [1.54, 1.807) is 49.9 Å². The maximum atomic E-state index is 12.9. The van der Waals surface area contributed by atoms with E-state index in [1.165, 1.54) is 12.3 Å². The molecule has 0 aliphatic heterocycles. The third-order valence-electron chi connectivity index (χ3n) is 4.69. The van der Waals surface area contributed by atoms with Gasteiger partial charge < -0.3 is 14.3 Å². The average molecular weight is 436 g/mol. The largest absolute Gasteiger partial charge is 0.463 e. The Morgan fingerprint density at radius 3 is 2.68 bits per heavy atom. The van der Waals surface area contributed by atoms with Crippen LogP contribution in [0.1, 0.15) is 18.7 Å². The van der Waals surface area contributed by atoms with Gasteiger partial charge in [-0.05, 0) is 50.4 Å². The fourth-order valence-electron chi connectivity index (χ4n) is 3.08. The van der Waals surface area contributed by atoms with Crippen LogP contribution in [0, 0.1) is 6.92 Å². The highest BCUT2D eigenvalue weighted by Gasteiger charge is 2.23. The molecule has 0 aliphatic carbocycles. The number of benzene rings is 1. The molecule has 0 spiro atoms. The summed E-state index contributed by atoms with van der Waals surface area (Å²) < 4.78 is 12.0. The summed E-state index contributed by atoms with van der Waals surface area (Å²) in [6.07, 6.45) is 3.47. The molecule has 1 N–H and O–H groups in total. The van der Waals surface area contributed by atoms with Crippen LogP contribution >= 0.6 is 11.8 Å². The fraction of sp³-hybridized carbons (Fsp3) is 0.182. The normalized spacial score (nSPS) is 12.0. The number of carbonyl (C=O) groups is 1. The molecule has 31 heavy (non-hydrogen) atoms. The van der Waals surface area contributed by atoms with Crippen LogP contribution in [0.2, 0.25) is 0 Å². The highest BCUT2D eigenvalue weighted by atomic mass is 32.2. The maximum Gasteiger partial charge on any atom is 0.268 e. The second kappa shape index (κ2) is 8.65. The van der Waals surface area contributed by atoms with Gasteiger partial charge in [-0.2, -0.15) is 5.10 Å². The number of anilines is 1. The molecule has 1 atom stereocenters. The van der Waals surface area contributed by atoms with Crippen molar-refractivity contribution in [1.82, 2.24) is 14.9 Å². The van der Waals surface area contributed by atoms with Crippen LogP contribution < -0.4 is 10.9 Å². The number of thioether (sulfide) groups is 1. The Morgan fingerprint density at radius 1 is 1.16 bits per heavy atom. The summed E-state index contributed by atoms with van der Waals surface area (Å²) in [5.41, 5.74) is 1.70. The summed E-state index contributed by atoms with van der Waals surface area (Å²) in [7, 11) is 0. The van der Waals surface area contributed by atoms with Crippen molar-refractivity contribution in [3.8, 4) is 22.8 Å². The van der Waals surface area contributed by atoms with E-state index in [4.69, 9.17) is 8.94 Å². The Balaban J connectivity index is 1.71. The van der Waals surface area contributed by atoms with Crippen molar-refractivity contribution in [2.24, 2.45) is 0 Å². The minimum absolute atomic E-state index is 0.360. The van der Waals surface area contributed by atoms with Gasteiger partial charge in [0.25, 0.3) is 5.56 Å². The van der Waals surface area contributed by atoms with Crippen LogP contribution in [0.15, 0.2) is 73.4 Å². The van der Waals surface area contributed by atoms with Gasteiger partial charge in [0.15, 0.2) is 11.5 Å². The lowest BCUT2D eigenvalue weighted by Gasteiger charge is -2.16. The third kappa shape index (κ3) is 4.31. The van der Waals surface area contributed by atoms with E-state index in [0.717, 1.165) is 9.58 Å². The van der Waals surface area contributed by atoms with Gasteiger partial charge in [-0.1, -0.05) is 11.2 Å². The van der Waals surface area contributed by atoms with Gasteiger partial charge >= 0.3 is 0 Å². The van der Waals surface area contributed by atoms with Crippen molar-refractivity contribution in [2.75, 3.05) is 11.6 Å². The van der Waals surface area contributed by atoms with Crippen molar-refractivity contribution in [2.45, 2.75) is 24.8 Å². The molecule has 0 aliphatic rings. The molecule has 1 amide bonds. The van der Waals surface area contributed by atoms with Crippen molar-refractivity contribution in [3.05, 3.63) is 70.8 Å². The number of aromatic nitrogens is 3. The predicted molar refractivity (Wildman–Crippen MR) is 118 cm³/mol. The van der Waals surface area contributed by atoms with E-state index >= 15 is 0 Å². The molecule has 3 heterocycles. The van der Waals surface area contributed by atoms with E-state index in [-0.39, 0.29) is 5.91 Å². The van der Waals surface area contributed by atoms with Gasteiger partial charge in [0.1, 0.15) is 11.7 Å². The van der Waals surface area contributed by atoms with Gasteiger partial charge in [0, 0.05) is 22.7 Å². The number of nitrogens with zero attached hydrogens (tertiary/aromatic N) is 3. The Morgan fingerprint density at radius 2 is 2.00 bits per heavy atom. The number of amides is 1.